The highest BCUT2D eigenvalue weighted by atomic mass is 19.1. The van der Waals surface area contributed by atoms with Crippen LogP contribution in [0.3, 0.4) is 0 Å². The Kier molecular flexibility index (Phi) is 2.37. The van der Waals surface area contributed by atoms with Crippen LogP contribution in [0.5, 0.6) is 0 Å². The van der Waals surface area contributed by atoms with Crippen LogP contribution in [0.4, 0.5) is 4.39 Å². The largest absolute Gasteiger partial charge is 0.260 e. The first kappa shape index (κ1) is 10.0. The van der Waals surface area contributed by atoms with E-state index in [9.17, 15) is 4.39 Å². The highest BCUT2D eigenvalue weighted by Crippen LogP contribution is 2.15. The minimum Gasteiger partial charge on any atom is -0.260 e. The van der Waals surface area contributed by atoms with Crippen molar-refractivity contribution in [1.29, 1.82) is 0 Å². The molecule has 2 aromatic carbocycles. The maximum absolute atomic E-state index is 13.5. The summed E-state index contributed by atoms with van der Waals surface area (Å²) in [5.41, 5.74) is 1.60. The molecule has 83 valence electrons. The van der Waals surface area contributed by atoms with Gasteiger partial charge in [0.1, 0.15) is 12.0 Å². The van der Waals surface area contributed by atoms with E-state index in [1.165, 1.54) is 6.07 Å². The molecule has 0 spiro atoms. The molecule has 0 N–H and O–H groups in total. The van der Waals surface area contributed by atoms with E-state index in [0.29, 0.717) is 12.1 Å². The molecule has 0 amide bonds. The number of hydrogen-bond donors (Lipinski definition) is 0. The van der Waals surface area contributed by atoms with Crippen molar-refractivity contribution in [1.82, 2.24) is 9.78 Å². The lowest BCUT2D eigenvalue weighted by Gasteiger charge is -2.04. The minimum absolute atomic E-state index is 0.202. The van der Waals surface area contributed by atoms with Crippen LogP contribution in [0.15, 0.2) is 48.5 Å². The molecule has 0 aliphatic heterocycles. The van der Waals surface area contributed by atoms with Gasteiger partial charge in [0, 0.05) is 10.9 Å². The standard InChI is InChI=1S/C14H10FN2/c15-13-7-3-1-6-12(13)10-17-14-8-4-2-5-11(14)9-16-17/h1-8H,10H2. The van der Waals surface area contributed by atoms with Crippen molar-refractivity contribution in [3.05, 3.63) is 66.1 Å². The van der Waals surface area contributed by atoms with Crippen LogP contribution in [0, 0.1) is 12.0 Å². The topological polar surface area (TPSA) is 17.8 Å². The van der Waals surface area contributed by atoms with Crippen molar-refractivity contribution in [2.45, 2.75) is 6.54 Å². The molecule has 0 unspecified atom stereocenters. The zero-order chi connectivity index (χ0) is 11.7. The van der Waals surface area contributed by atoms with E-state index in [2.05, 4.69) is 11.3 Å². The van der Waals surface area contributed by atoms with Crippen molar-refractivity contribution >= 4 is 10.9 Å². The number of halogens is 1. The maximum Gasteiger partial charge on any atom is 0.128 e. The summed E-state index contributed by atoms with van der Waals surface area (Å²) in [7, 11) is 0. The molecule has 0 atom stereocenters. The van der Waals surface area contributed by atoms with Crippen LogP contribution >= 0.6 is 0 Å². The van der Waals surface area contributed by atoms with Gasteiger partial charge in [0.2, 0.25) is 0 Å². The first-order chi connectivity index (χ1) is 8.34. The van der Waals surface area contributed by atoms with E-state index in [4.69, 9.17) is 0 Å². The third-order valence-electron chi connectivity index (χ3n) is 2.75. The van der Waals surface area contributed by atoms with Crippen LogP contribution in [0.1, 0.15) is 5.56 Å². The Morgan fingerprint density at radius 2 is 1.82 bits per heavy atom. The van der Waals surface area contributed by atoms with Gasteiger partial charge in [-0.15, -0.1) is 0 Å². The lowest BCUT2D eigenvalue weighted by atomic mass is 10.2. The quantitative estimate of drug-likeness (QED) is 0.655. The first-order valence-electron chi connectivity index (χ1n) is 5.41. The fourth-order valence-electron chi connectivity index (χ4n) is 1.87. The Hall–Kier alpha value is -2.16. The zero-order valence-electron chi connectivity index (χ0n) is 9.10. The molecule has 0 aliphatic rings. The molecule has 1 heterocycles. The molecule has 0 saturated carbocycles. The van der Waals surface area contributed by atoms with Crippen molar-refractivity contribution in [3.63, 3.8) is 0 Å². The van der Waals surface area contributed by atoms with Crippen LogP contribution in [-0.4, -0.2) is 9.78 Å². The third-order valence-corrected chi connectivity index (χ3v) is 2.75. The smallest absolute Gasteiger partial charge is 0.128 e. The summed E-state index contributed by atoms with van der Waals surface area (Å²) in [5, 5.41) is 5.10. The second-order valence-electron chi connectivity index (χ2n) is 3.88. The molecule has 3 aromatic rings. The fourth-order valence-corrected chi connectivity index (χ4v) is 1.87. The summed E-state index contributed by atoms with van der Waals surface area (Å²) in [5.74, 6) is -0.202. The average molecular weight is 225 g/mol. The Morgan fingerprint density at radius 1 is 1.06 bits per heavy atom. The van der Waals surface area contributed by atoms with Crippen LogP contribution < -0.4 is 0 Å². The van der Waals surface area contributed by atoms with Gasteiger partial charge in [-0.25, -0.2) is 4.39 Å². The zero-order valence-corrected chi connectivity index (χ0v) is 9.10. The number of hydrogen-bond acceptors (Lipinski definition) is 1. The fraction of sp³-hybridized carbons (Fsp3) is 0.0714. The summed E-state index contributed by atoms with van der Waals surface area (Å²) in [4.78, 5) is 0. The Balaban J connectivity index is 2.03. The minimum atomic E-state index is -0.202. The van der Waals surface area contributed by atoms with Gasteiger partial charge in [-0.1, -0.05) is 36.4 Å². The molecule has 17 heavy (non-hydrogen) atoms. The third kappa shape index (κ3) is 1.80. The predicted octanol–water partition coefficient (Wildman–Crippen LogP) is 3.02. The number of para-hydroxylation sites is 1. The lowest BCUT2D eigenvalue weighted by molar-refractivity contribution is 0.590. The molecule has 0 fully saturated rings. The van der Waals surface area contributed by atoms with Crippen molar-refractivity contribution in [2.75, 3.05) is 0 Å². The number of rotatable bonds is 2. The summed E-state index contributed by atoms with van der Waals surface area (Å²) >= 11 is 0. The Morgan fingerprint density at radius 3 is 2.71 bits per heavy atom. The average Bonchev–Trinajstić information content (AvgIpc) is 2.76. The van der Waals surface area contributed by atoms with Crippen LogP contribution in [-0.2, 0) is 6.54 Å². The molecule has 3 heteroatoms. The van der Waals surface area contributed by atoms with E-state index in [-0.39, 0.29) is 5.82 Å². The van der Waals surface area contributed by atoms with Crippen molar-refractivity contribution in [3.8, 4) is 0 Å². The van der Waals surface area contributed by atoms with Gasteiger partial charge in [-0.05, 0) is 12.1 Å². The normalized spacial score (nSPS) is 10.9. The molecule has 0 aliphatic carbocycles. The van der Waals surface area contributed by atoms with Crippen molar-refractivity contribution in [2.24, 2.45) is 0 Å². The first-order valence-corrected chi connectivity index (χ1v) is 5.41. The number of nitrogens with zero attached hydrogens (tertiary/aromatic N) is 2. The maximum atomic E-state index is 13.5. The van der Waals surface area contributed by atoms with Crippen LogP contribution in [0.25, 0.3) is 10.9 Å². The van der Waals surface area contributed by atoms with Crippen LogP contribution in [0.2, 0.25) is 0 Å². The van der Waals surface area contributed by atoms with Gasteiger partial charge >= 0.3 is 0 Å². The SMILES string of the molecule is Fc1ccccc1Cn1n[c]c2ccccc21. The number of fused-ring (bicyclic) bond motifs is 1. The predicted molar refractivity (Wildman–Crippen MR) is 64.1 cm³/mol. The molecule has 2 nitrogen and oxygen atoms in total. The monoisotopic (exact) mass is 225 g/mol. The highest BCUT2D eigenvalue weighted by Gasteiger charge is 2.05. The van der Waals surface area contributed by atoms with Gasteiger partial charge in [0.25, 0.3) is 0 Å². The van der Waals surface area contributed by atoms with E-state index in [1.54, 1.807) is 16.8 Å². The highest BCUT2D eigenvalue weighted by molar-refractivity contribution is 5.77. The van der Waals surface area contributed by atoms with E-state index in [1.807, 2.05) is 30.3 Å². The van der Waals surface area contributed by atoms with Gasteiger partial charge < -0.3 is 0 Å². The van der Waals surface area contributed by atoms with Gasteiger partial charge in [0.15, 0.2) is 0 Å². The molecular formula is C14H10FN2. The molecule has 1 radical (unpaired) electrons. The lowest BCUT2D eigenvalue weighted by Crippen LogP contribution is -2.03. The van der Waals surface area contributed by atoms with Gasteiger partial charge in [-0.3, -0.25) is 4.68 Å². The Bertz CT molecular complexity index is 658. The van der Waals surface area contributed by atoms with Gasteiger partial charge in [-0.2, -0.15) is 5.10 Å². The van der Waals surface area contributed by atoms with E-state index in [0.717, 1.165) is 10.9 Å². The van der Waals surface area contributed by atoms with Gasteiger partial charge in [0.05, 0.1) is 12.1 Å². The summed E-state index contributed by atoms with van der Waals surface area (Å²) in [6, 6.07) is 14.5. The second-order valence-corrected chi connectivity index (χ2v) is 3.88. The number of benzene rings is 2. The number of aromatic nitrogens is 2. The summed E-state index contributed by atoms with van der Waals surface area (Å²) < 4.78 is 15.3. The molecular weight excluding hydrogens is 215 g/mol. The molecule has 1 aromatic heterocycles. The van der Waals surface area contributed by atoms with E-state index < -0.39 is 0 Å². The van der Waals surface area contributed by atoms with Crippen molar-refractivity contribution < 1.29 is 4.39 Å². The van der Waals surface area contributed by atoms with E-state index >= 15 is 0 Å². The second kappa shape index (κ2) is 4.01. The Labute approximate surface area is 98.3 Å². The molecule has 0 bridgehead atoms. The molecule has 3 rings (SSSR count). The summed E-state index contributed by atoms with van der Waals surface area (Å²) in [6.45, 7) is 0.427. The summed E-state index contributed by atoms with van der Waals surface area (Å²) in [6.07, 6.45) is 2.92. The molecule has 0 saturated heterocycles.